The minimum Gasteiger partial charge on any atom is -0.474 e. The summed E-state index contributed by atoms with van der Waals surface area (Å²) in [5.41, 5.74) is 2.17. The molecule has 0 aromatic carbocycles. The third kappa shape index (κ3) is 2.39. The molecular formula is C12H17N3O2. The van der Waals surface area contributed by atoms with Crippen LogP contribution in [0, 0.1) is 0 Å². The molecule has 0 aliphatic carbocycles. The standard InChI is InChI=1S/C12H17N3O2/c1-12(2,3)9-6-14-15-8-11(17-5-4-16)13-7-10(9)15/h6-8,16H,4-5H2,1-3H3. The van der Waals surface area contributed by atoms with Gasteiger partial charge in [0.05, 0.1) is 30.7 Å². The van der Waals surface area contributed by atoms with Crippen LogP contribution in [0.3, 0.4) is 0 Å². The number of aliphatic hydroxyl groups is 1. The van der Waals surface area contributed by atoms with Crippen molar-refractivity contribution in [1.29, 1.82) is 0 Å². The quantitative estimate of drug-likeness (QED) is 0.873. The van der Waals surface area contributed by atoms with Crippen molar-refractivity contribution in [3.05, 3.63) is 24.2 Å². The van der Waals surface area contributed by atoms with Crippen molar-refractivity contribution in [3.8, 4) is 5.88 Å². The minimum absolute atomic E-state index is 0.0218. The molecule has 0 spiro atoms. The molecule has 2 heterocycles. The zero-order valence-corrected chi connectivity index (χ0v) is 10.3. The first kappa shape index (κ1) is 11.9. The van der Waals surface area contributed by atoms with Gasteiger partial charge in [0.25, 0.3) is 0 Å². The van der Waals surface area contributed by atoms with Crippen LogP contribution < -0.4 is 4.74 Å². The Morgan fingerprint density at radius 2 is 2.12 bits per heavy atom. The second kappa shape index (κ2) is 4.33. The number of rotatable bonds is 3. The van der Waals surface area contributed by atoms with Crippen molar-refractivity contribution in [1.82, 2.24) is 14.6 Å². The maximum absolute atomic E-state index is 8.68. The summed E-state index contributed by atoms with van der Waals surface area (Å²) in [6.07, 6.45) is 5.33. The summed E-state index contributed by atoms with van der Waals surface area (Å²) in [4.78, 5) is 4.20. The summed E-state index contributed by atoms with van der Waals surface area (Å²) in [5.74, 6) is 0.468. The Labute approximate surface area is 100 Å². The lowest BCUT2D eigenvalue weighted by Crippen LogP contribution is -2.10. The molecule has 2 aromatic rings. The van der Waals surface area contributed by atoms with Gasteiger partial charge in [-0.3, -0.25) is 0 Å². The van der Waals surface area contributed by atoms with Crippen LogP contribution in [0.15, 0.2) is 18.6 Å². The van der Waals surface area contributed by atoms with Crippen LogP contribution in [0.1, 0.15) is 26.3 Å². The fourth-order valence-electron chi connectivity index (χ4n) is 1.67. The van der Waals surface area contributed by atoms with E-state index in [2.05, 4.69) is 30.9 Å². The molecule has 0 fully saturated rings. The molecule has 0 atom stereocenters. The van der Waals surface area contributed by atoms with Crippen molar-refractivity contribution in [2.45, 2.75) is 26.2 Å². The van der Waals surface area contributed by atoms with E-state index in [4.69, 9.17) is 9.84 Å². The van der Waals surface area contributed by atoms with Gasteiger partial charge < -0.3 is 9.84 Å². The van der Waals surface area contributed by atoms with Crippen molar-refractivity contribution < 1.29 is 9.84 Å². The topological polar surface area (TPSA) is 59.7 Å². The Kier molecular flexibility index (Phi) is 3.02. The van der Waals surface area contributed by atoms with Crippen molar-refractivity contribution in [2.75, 3.05) is 13.2 Å². The average Bonchev–Trinajstić information content (AvgIpc) is 2.68. The molecule has 0 radical (unpaired) electrons. The molecule has 5 nitrogen and oxygen atoms in total. The van der Waals surface area contributed by atoms with Crippen LogP contribution in [0.2, 0.25) is 0 Å². The maximum Gasteiger partial charge on any atom is 0.232 e. The predicted molar refractivity (Wildman–Crippen MR) is 64.3 cm³/mol. The monoisotopic (exact) mass is 235 g/mol. The van der Waals surface area contributed by atoms with E-state index in [1.165, 1.54) is 0 Å². The largest absolute Gasteiger partial charge is 0.474 e. The maximum atomic E-state index is 8.68. The third-order valence-corrected chi connectivity index (χ3v) is 2.53. The number of ether oxygens (including phenoxy) is 1. The highest BCUT2D eigenvalue weighted by Gasteiger charge is 2.19. The van der Waals surface area contributed by atoms with Crippen LogP contribution >= 0.6 is 0 Å². The minimum atomic E-state index is -0.0218. The van der Waals surface area contributed by atoms with Gasteiger partial charge in [0.2, 0.25) is 5.88 Å². The summed E-state index contributed by atoms with van der Waals surface area (Å²) in [7, 11) is 0. The molecule has 5 heteroatoms. The number of hydrogen-bond acceptors (Lipinski definition) is 4. The Bertz CT molecular complexity index is 514. The molecule has 17 heavy (non-hydrogen) atoms. The summed E-state index contributed by atoms with van der Waals surface area (Å²) in [6, 6.07) is 0. The van der Waals surface area contributed by atoms with Crippen LogP contribution in [-0.4, -0.2) is 32.9 Å². The van der Waals surface area contributed by atoms with Crippen molar-refractivity contribution >= 4 is 5.52 Å². The molecule has 0 aliphatic rings. The van der Waals surface area contributed by atoms with Crippen LogP contribution in [0.4, 0.5) is 0 Å². The second-order valence-corrected chi connectivity index (χ2v) is 4.94. The van der Waals surface area contributed by atoms with Crippen LogP contribution in [0.25, 0.3) is 5.52 Å². The van der Waals surface area contributed by atoms with Crippen molar-refractivity contribution in [2.24, 2.45) is 0 Å². The van der Waals surface area contributed by atoms with Gasteiger partial charge in [-0.2, -0.15) is 5.10 Å². The van der Waals surface area contributed by atoms with E-state index >= 15 is 0 Å². The Morgan fingerprint density at radius 1 is 1.35 bits per heavy atom. The number of aliphatic hydroxyl groups excluding tert-OH is 1. The molecule has 2 aromatic heterocycles. The van der Waals surface area contributed by atoms with Crippen LogP contribution in [0.5, 0.6) is 5.88 Å². The third-order valence-electron chi connectivity index (χ3n) is 2.53. The highest BCUT2D eigenvalue weighted by atomic mass is 16.5. The van der Waals surface area contributed by atoms with E-state index < -0.39 is 0 Å². The molecule has 0 saturated carbocycles. The molecule has 0 unspecified atom stereocenters. The van der Waals surface area contributed by atoms with Gasteiger partial charge in [0.15, 0.2) is 0 Å². The van der Waals surface area contributed by atoms with E-state index in [0.717, 1.165) is 11.1 Å². The normalized spacial score (nSPS) is 12.0. The van der Waals surface area contributed by atoms with E-state index in [1.54, 1.807) is 16.9 Å². The highest BCUT2D eigenvalue weighted by molar-refractivity contribution is 5.55. The molecule has 92 valence electrons. The zero-order chi connectivity index (χ0) is 12.5. The molecule has 1 N–H and O–H groups in total. The summed E-state index contributed by atoms with van der Waals surface area (Å²) >= 11 is 0. The van der Waals surface area contributed by atoms with Gasteiger partial charge in [-0.05, 0) is 5.41 Å². The fourth-order valence-corrected chi connectivity index (χ4v) is 1.67. The van der Waals surface area contributed by atoms with E-state index in [1.807, 2.05) is 6.20 Å². The Morgan fingerprint density at radius 3 is 2.76 bits per heavy atom. The SMILES string of the molecule is CC(C)(C)c1cnn2cc(OCCO)ncc12. The molecular weight excluding hydrogens is 218 g/mol. The first-order valence-corrected chi connectivity index (χ1v) is 5.60. The fraction of sp³-hybridized carbons (Fsp3) is 0.500. The second-order valence-electron chi connectivity index (χ2n) is 4.94. The summed E-state index contributed by atoms with van der Waals surface area (Å²) < 4.78 is 6.99. The van der Waals surface area contributed by atoms with E-state index in [9.17, 15) is 0 Å². The molecule has 0 amide bonds. The highest BCUT2D eigenvalue weighted by Crippen LogP contribution is 2.26. The molecule has 0 bridgehead atoms. The van der Waals surface area contributed by atoms with Crippen LogP contribution in [-0.2, 0) is 5.41 Å². The lowest BCUT2D eigenvalue weighted by Gasteiger charge is -2.16. The van der Waals surface area contributed by atoms with Gasteiger partial charge in [0, 0.05) is 5.56 Å². The van der Waals surface area contributed by atoms with Gasteiger partial charge in [-0.15, -0.1) is 0 Å². The molecule has 0 aliphatic heterocycles. The number of fused-ring (bicyclic) bond motifs is 1. The van der Waals surface area contributed by atoms with Gasteiger partial charge in [-0.1, -0.05) is 20.8 Å². The summed E-state index contributed by atoms with van der Waals surface area (Å²) in [6.45, 7) is 6.64. The Hall–Kier alpha value is -1.62. The first-order chi connectivity index (χ1) is 8.02. The average molecular weight is 235 g/mol. The Balaban J connectivity index is 2.38. The zero-order valence-electron chi connectivity index (χ0n) is 10.3. The van der Waals surface area contributed by atoms with E-state index in [-0.39, 0.29) is 18.6 Å². The number of hydrogen-bond donors (Lipinski definition) is 1. The smallest absolute Gasteiger partial charge is 0.232 e. The molecule has 0 saturated heterocycles. The van der Waals surface area contributed by atoms with Gasteiger partial charge in [-0.25, -0.2) is 9.50 Å². The molecule has 2 rings (SSSR count). The number of nitrogens with zero attached hydrogens (tertiary/aromatic N) is 3. The lowest BCUT2D eigenvalue weighted by molar-refractivity contribution is 0.196. The van der Waals surface area contributed by atoms with Gasteiger partial charge >= 0.3 is 0 Å². The predicted octanol–water partition coefficient (Wildman–Crippen LogP) is 1.40. The summed E-state index contributed by atoms with van der Waals surface area (Å²) in [5, 5.41) is 13.0. The van der Waals surface area contributed by atoms with E-state index in [0.29, 0.717) is 5.88 Å². The van der Waals surface area contributed by atoms with Gasteiger partial charge in [0.1, 0.15) is 6.61 Å². The lowest BCUT2D eigenvalue weighted by atomic mass is 9.88. The first-order valence-electron chi connectivity index (χ1n) is 5.60. The number of aromatic nitrogens is 3. The van der Waals surface area contributed by atoms with Crippen molar-refractivity contribution in [3.63, 3.8) is 0 Å².